The van der Waals surface area contributed by atoms with Crippen LogP contribution in [-0.4, -0.2) is 35.8 Å². The van der Waals surface area contributed by atoms with Crippen molar-refractivity contribution in [2.24, 2.45) is 0 Å². The summed E-state index contributed by atoms with van der Waals surface area (Å²) in [4.78, 5) is 12.4. The van der Waals surface area contributed by atoms with Gasteiger partial charge in [0.05, 0.1) is 24.7 Å². The molecule has 18 heavy (non-hydrogen) atoms. The van der Waals surface area contributed by atoms with E-state index in [-0.39, 0.29) is 18.3 Å². The fourth-order valence-corrected chi connectivity index (χ4v) is 2.18. The minimum Gasteiger partial charge on any atom is -0.392 e. The lowest BCUT2D eigenvalue weighted by Gasteiger charge is -2.36. The van der Waals surface area contributed by atoms with E-state index in [9.17, 15) is 15.2 Å². The van der Waals surface area contributed by atoms with Crippen LogP contribution >= 0.6 is 0 Å². The van der Waals surface area contributed by atoms with Crippen LogP contribution in [0.2, 0.25) is 0 Å². The highest BCUT2D eigenvalue weighted by Crippen LogP contribution is 2.28. The van der Waals surface area contributed by atoms with E-state index in [0.717, 1.165) is 12.2 Å². The number of hydrogen-bond acceptors (Lipinski definition) is 5. The Hall–Kier alpha value is -1.66. The Kier molecular flexibility index (Phi) is 3.78. The summed E-state index contributed by atoms with van der Waals surface area (Å²) < 4.78 is 5.36. The van der Waals surface area contributed by atoms with Crippen molar-refractivity contribution in [2.45, 2.75) is 19.6 Å². The molecule has 0 saturated carbocycles. The monoisotopic (exact) mass is 252 g/mol. The van der Waals surface area contributed by atoms with Crippen LogP contribution in [0.5, 0.6) is 0 Å². The van der Waals surface area contributed by atoms with Crippen molar-refractivity contribution in [1.82, 2.24) is 0 Å². The smallest absolute Gasteiger partial charge is 0.269 e. The molecular weight excluding hydrogens is 236 g/mol. The van der Waals surface area contributed by atoms with Crippen LogP contribution in [0.1, 0.15) is 12.5 Å². The first-order valence-corrected chi connectivity index (χ1v) is 5.86. The highest BCUT2D eigenvalue weighted by Gasteiger charge is 2.22. The summed E-state index contributed by atoms with van der Waals surface area (Å²) in [7, 11) is 0. The summed E-state index contributed by atoms with van der Waals surface area (Å²) >= 11 is 0. The Bertz CT molecular complexity index is 450. The highest BCUT2D eigenvalue weighted by atomic mass is 16.6. The van der Waals surface area contributed by atoms with Crippen molar-refractivity contribution in [3.8, 4) is 0 Å². The number of benzene rings is 1. The first kappa shape index (κ1) is 12.8. The van der Waals surface area contributed by atoms with Gasteiger partial charge < -0.3 is 14.7 Å². The van der Waals surface area contributed by atoms with Crippen molar-refractivity contribution in [2.75, 3.05) is 24.7 Å². The molecule has 98 valence electrons. The second-order valence-corrected chi connectivity index (χ2v) is 4.35. The quantitative estimate of drug-likeness (QED) is 0.648. The van der Waals surface area contributed by atoms with E-state index in [1.54, 1.807) is 6.07 Å². The van der Waals surface area contributed by atoms with Gasteiger partial charge in [-0.25, -0.2) is 0 Å². The van der Waals surface area contributed by atoms with E-state index in [1.165, 1.54) is 12.1 Å². The highest BCUT2D eigenvalue weighted by molar-refractivity contribution is 5.58. The summed E-state index contributed by atoms with van der Waals surface area (Å²) in [5, 5.41) is 20.1. The molecule has 1 heterocycles. The molecule has 1 aromatic rings. The van der Waals surface area contributed by atoms with Crippen molar-refractivity contribution in [3.63, 3.8) is 0 Å². The van der Waals surface area contributed by atoms with E-state index in [2.05, 4.69) is 4.90 Å². The van der Waals surface area contributed by atoms with E-state index < -0.39 is 4.92 Å². The van der Waals surface area contributed by atoms with Crippen molar-refractivity contribution >= 4 is 11.4 Å². The molecule has 1 N–H and O–H groups in total. The lowest BCUT2D eigenvalue weighted by Crippen LogP contribution is -2.44. The lowest BCUT2D eigenvalue weighted by molar-refractivity contribution is -0.384. The number of anilines is 1. The number of morpholine rings is 1. The predicted octanol–water partition coefficient (Wildman–Crippen LogP) is 1.31. The molecule has 1 aromatic carbocycles. The number of non-ortho nitro benzene ring substituents is 1. The summed E-state index contributed by atoms with van der Waals surface area (Å²) in [5.74, 6) is 0. The first-order chi connectivity index (χ1) is 8.63. The fourth-order valence-electron chi connectivity index (χ4n) is 2.18. The predicted molar refractivity (Wildman–Crippen MR) is 66.6 cm³/mol. The van der Waals surface area contributed by atoms with Crippen LogP contribution in [0.25, 0.3) is 0 Å². The van der Waals surface area contributed by atoms with Crippen LogP contribution in [0.3, 0.4) is 0 Å². The number of aliphatic hydroxyl groups is 1. The number of nitro groups is 1. The second-order valence-electron chi connectivity index (χ2n) is 4.35. The van der Waals surface area contributed by atoms with Gasteiger partial charge in [-0.2, -0.15) is 0 Å². The average Bonchev–Trinajstić information content (AvgIpc) is 2.38. The van der Waals surface area contributed by atoms with Crippen LogP contribution < -0.4 is 4.90 Å². The molecule has 1 aliphatic rings. The van der Waals surface area contributed by atoms with Crippen LogP contribution in [0.15, 0.2) is 18.2 Å². The zero-order valence-corrected chi connectivity index (χ0v) is 10.2. The van der Waals surface area contributed by atoms with Crippen molar-refractivity contribution in [1.29, 1.82) is 0 Å². The number of rotatable bonds is 3. The lowest BCUT2D eigenvalue weighted by atomic mass is 10.1. The zero-order valence-electron chi connectivity index (χ0n) is 10.2. The molecule has 6 heteroatoms. The van der Waals surface area contributed by atoms with Gasteiger partial charge in [-0.05, 0) is 13.0 Å². The standard InChI is InChI=1S/C12H16N2O4/c1-9-8-18-5-4-13(9)12-3-2-11(14(16)17)6-10(12)7-15/h2-3,6,9,15H,4-5,7-8H2,1H3. The normalized spacial score (nSPS) is 19.9. The molecule has 0 bridgehead atoms. The Morgan fingerprint density at radius 3 is 3.00 bits per heavy atom. The topological polar surface area (TPSA) is 75.8 Å². The van der Waals surface area contributed by atoms with Gasteiger partial charge in [0.1, 0.15) is 0 Å². The largest absolute Gasteiger partial charge is 0.392 e. The van der Waals surface area contributed by atoms with Crippen molar-refractivity contribution in [3.05, 3.63) is 33.9 Å². The molecule has 1 fully saturated rings. The minimum atomic E-state index is -0.453. The molecule has 0 amide bonds. The van der Waals surface area contributed by atoms with E-state index >= 15 is 0 Å². The molecule has 1 unspecified atom stereocenters. The van der Waals surface area contributed by atoms with Gasteiger partial charge in [0.15, 0.2) is 0 Å². The third-order valence-corrected chi connectivity index (χ3v) is 3.12. The van der Waals surface area contributed by atoms with Crippen LogP contribution in [0, 0.1) is 10.1 Å². The van der Waals surface area contributed by atoms with Crippen molar-refractivity contribution < 1.29 is 14.8 Å². The van der Waals surface area contributed by atoms with Gasteiger partial charge >= 0.3 is 0 Å². The average molecular weight is 252 g/mol. The maximum atomic E-state index is 10.7. The molecule has 2 rings (SSSR count). The zero-order chi connectivity index (χ0) is 13.1. The first-order valence-electron chi connectivity index (χ1n) is 5.86. The molecule has 1 saturated heterocycles. The molecule has 1 atom stereocenters. The van der Waals surface area contributed by atoms with E-state index in [4.69, 9.17) is 4.74 Å². The van der Waals surface area contributed by atoms with Crippen LogP contribution in [-0.2, 0) is 11.3 Å². The molecule has 0 aromatic heterocycles. The van der Waals surface area contributed by atoms with Crippen LogP contribution in [0.4, 0.5) is 11.4 Å². The van der Waals surface area contributed by atoms with Gasteiger partial charge in [-0.3, -0.25) is 10.1 Å². The second kappa shape index (κ2) is 5.32. The van der Waals surface area contributed by atoms with Gasteiger partial charge in [0, 0.05) is 36.0 Å². The SMILES string of the molecule is CC1COCCN1c1ccc([N+](=O)[O-])cc1CO. The number of aliphatic hydroxyl groups excluding tert-OH is 1. The molecule has 1 aliphatic heterocycles. The third kappa shape index (κ3) is 2.44. The maximum Gasteiger partial charge on any atom is 0.269 e. The molecule has 6 nitrogen and oxygen atoms in total. The van der Waals surface area contributed by atoms with Gasteiger partial charge in [-0.1, -0.05) is 0 Å². The Balaban J connectivity index is 2.34. The summed E-state index contributed by atoms with van der Waals surface area (Å²) in [5.41, 5.74) is 1.43. The van der Waals surface area contributed by atoms with E-state index in [1.807, 2.05) is 6.92 Å². The number of hydrogen-bond donors (Lipinski definition) is 1. The fraction of sp³-hybridized carbons (Fsp3) is 0.500. The molecule has 0 spiro atoms. The summed E-state index contributed by atoms with van der Waals surface area (Å²) in [6, 6.07) is 4.80. The number of ether oxygens (including phenoxy) is 1. The van der Waals surface area contributed by atoms with Gasteiger partial charge in [0.25, 0.3) is 5.69 Å². The molecule has 0 radical (unpaired) electrons. The third-order valence-electron chi connectivity index (χ3n) is 3.12. The summed E-state index contributed by atoms with van der Waals surface area (Å²) in [6.07, 6.45) is 0. The Labute approximate surface area is 105 Å². The van der Waals surface area contributed by atoms with Gasteiger partial charge in [0.2, 0.25) is 0 Å². The number of nitrogens with zero attached hydrogens (tertiary/aromatic N) is 2. The molecule has 0 aliphatic carbocycles. The van der Waals surface area contributed by atoms with Gasteiger partial charge in [-0.15, -0.1) is 0 Å². The Morgan fingerprint density at radius 1 is 1.61 bits per heavy atom. The maximum absolute atomic E-state index is 10.7. The minimum absolute atomic E-state index is 0.00344. The molecular formula is C12H16N2O4. The summed E-state index contributed by atoms with van der Waals surface area (Å²) in [6.45, 7) is 3.81. The number of nitro benzene ring substituents is 1. The Morgan fingerprint density at radius 2 is 2.39 bits per heavy atom. The van der Waals surface area contributed by atoms with E-state index in [0.29, 0.717) is 18.8 Å².